The van der Waals surface area contributed by atoms with Gasteiger partial charge in [0.1, 0.15) is 51.6 Å². The molecule has 4 aliphatic rings. The fourth-order valence-electron chi connectivity index (χ4n) is 12.6. The van der Waals surface area contributed by atoms with Crippen molar-refractivity contribution < 1.29 is 43.0 Å². The van der Waals surface area contributed by atoms with E-state index in [0.717, 1.165) is 85.6 Å². The zero-order valence-corrected chi connectivity index (χ0v) is 54.8. The van der Waals surface area contributed by atoms with E-state index in [2.05, 4.69) is 18.3 Å². The first kappa shape index (κ1) is 67.8. The molecule has 6 amide bonds. The molecule has 0 radical (unpaired) electrons. The third kappa shape index (κ3) is 16.5. The summed E-state index contributed by atoms with van der Waals surface area (Å²) in [5.74, 6) is 2.61. The van der Waals surface area contributed by atoms with Crippen LogP contribution < -0.4 is 31.4 Å². The molecule has 502 valence electrons. The second kappa shape index (κ2) is 30.8. The number of nitrogens with zero attached hydrogens (tertiary/aromatic N) is 10. The number of rotatable bonds is 20. The third-order valence-corrected chi connectivity index (χ3v) is 17.6. The number of likely N-dealkylation sites (N-methyl/N-ethyl adjacent to an activating group) is 1. The van der Waals surface area contributed by atoms with Crippen molar-refractivity contribution in [1.82, 2.24) is 48.9 Å². The highest BCUT2D eigenvalue weighted by Crippen LogP contribution is 2.54. The maximum atomic E-state index is 12.6. The average Bonchev–Trinajstić information content (AvgIpc) is 1.15. The summed E-state index contributed by atoms with van der Waals surface area (Å²) in [7, 11) is 3.92. The van der Waals surface area contributed by atoms with Gasteiger partial charge in [0.15, 0.2) is 0 Å². The first-order chi connectivity index (χ1) is 47.4. The summed E-state index contributed by atoms with van der Waals surface area (Å²) in [6, 6.07) is 51.0. The molecule has 0 bridgehead atoms. The highest BCUT2D eigenvalue weighted by atomic mass is 16.5. The molecular weight excluding hydrogens is 1240 g/mol. The van der Waals surface area contributed by atoms with Crippen LogP contribution in [0.25, 0.3) is 33.8 Å². The minimum absolute atomic E-state index is 0.00643. The number of amides is 6. The highest BCUT2D eigenvalue weighted by molar-refractivity contribution is 6.00. The molecular formula is C76H79N13O9. The smallest absolute Gasteiger partial charge is 0.252 e. The fourth-order valence-corrected chi connectivity index (χ4v) is 12.6. The molecule has 3 aliphatic heterocycles. The Bertz CT molecular complexity index is 4330. The largest absolute Gasteiger partial charge is 0.457 e. The van der Waals surface area contributed by atoms with E-state index in [1.807, 2.05) is 203 Å². The lowest BCUT2D eigenvalue weighted by Crippen LogP contribution is -2.63. The Hall–Kier alpha value is -11.7. The number of hydrogen-bond acceptors (Lipinski definition) is 13. The normalized spacial score (nSPS) is 16.3. The standard InChI is InChI=1S/C27H31N5O3.C25H24N4O3.C24H24N4O3/c1-30(2)16-7-11-25(33)31-17-6-8-21(18-31)32-19-24(27(28)34)26(29-32)20-12-14-23(15-13-20)35-22-9-4-3-5-10-22;1-2-22(30)28-15-25(16-28)12-18(13-25)29-14-21(24(26)31)23(27-29)17-8-10-20(11-9-17)32-19-6-4-3-5-7-19;1-2-22(29)27-14-6-7-18(15-27)28-16-21(24(25)30)23(26-28)17-10-12-20(13-11-17)31-19-8-4-3-5-9-19/h3-5,7,9-15,19,21H,6,8,16-18H2,1-2H3,(H2,28,34);2-11,14,18H,1,12-13,15-16H2,(H2,26,31);2-5,8-13,16,18H,1,6-7,14-15H2,(H2,25,30)/b11-7+;;/t21-;;18-/m1.1/s1. The lowest BCUT2D eigenvalue weighted by atomic mass is 9.60. The number of aromatic nitrogens is 6. The molecule has 6 N–H and O–H groups in total. The molecule has 6 heterocycles. The van der Waals surface area contributed by atoms with Gasteiger partial charge in [-0.05, 0) is 174 Å². The van der Waals surface area contributed by atoms with Crippen molar-refractivity contribution in [3.63, 3.8) is 0 Å². The van der Waals surface area contributed by atoms with E-state index in [1.54, 1.807) is 38.9 Å². The number of hydrogen-bond donors (Lipinski definition) is 3. The average molecular weight is 1320 g/mol. The van der Waals surface area contributed by atoms with Gasteiger partial charge in [-0.2, -0.15) is 15.3 Å². The Morgan fingerprint density at radius 2 is 0.796 bits per heavy atom. The van der Waals surface area contributed by atoms with E-state index in [9.17, 15) is 28.8 Å². The first-order valence-electron chi connectivity index (χ1n) is 32.5. The predicted octanol–water partition coefficient (Wildman–Crippen LogP) is 11.3. The molecule has 1 aliphatic carbocycles. The van der Waals surface area contributed by atoms with Crippen LogP contribution in [0.1, 0.15) is 87.7 Å². The molecule has 1 saturated carbocycles. The summed E-state index contributed by atoms with van der Waals surface area (Å²) in [6.07, 6.45) is 16.6. The fraction of sp³-hybridized carbons (Fsp3) is 0.250. The molecule has 4 fully saturated rings. The molecule has 2 atom stereocenters. The van der Waals surface area contributed by atoms with Crippen molar-refractivity contribution >= 4 is 35.4 Å². The van der Waals surface area contributed by atoms with Gasteiger partial charge >= 0.3 is 0 Å². The van der Waals surface area contributed by atoms with Crippen molar-refractivity contribution in [2.45, 2.75) is 56.7 Å². The van der Waals surface area contributed by atoms with Crippen LogP contribution in [0.4, 0.5) is 0 Å². The predicted molar refractivity (Wildman–Crippen MR) is 373 cm³/mol. The van der Waals surface area contributed by atoms with Gasteiger partial charge in [-0.1, -0.05) is 73.8 Å². The van der Waals surface area contributed by atoms with Crippen molar-refractivity contribution in [3.05, 3.63) is 237 Å². The van der Waals surface area contributed by atoms with Gasteiger partial charge in [-0.15, -0.1) is 0 Å². The van der Waals surface area contributed by atoms with Crippen LogP contribution in [0.3, 0.4) is 0 Å². The SMILES string of the molecule is C=CC(=O)N1CC2(CC(n3cc(C(N)=O)c(-c4ccc(Oc5ccccc5)cc4)n3)C2)C1.C=CC(=O)N1CCC[C@@H](n2cc(C(N)=O)c(-c3ccc(Oc4ccccc4)cc3)n2)C1.CN(C)C/C=C/C(=O)N1CCC[C@@H](n2cc(C(N)=O)c(-c3ccc(Oc4ccccc4)cc3)n2)C1. The van der Waals surface area contributed by atoms with Crippen LogP contribution in [-0.4, -0.2) is 144 Å². The number of primary amides is 3. The summed E-state index contributed by atoms with van der Waals surface area (Å²) in [5, 5.41) is 14.1. The van der Waals surface area contributed by atoms with E-state index >= 15 is 0 Å². The lowest BCUT2D eigenvalue weighted by molar-refractivity contribution is -0.149. The lowest BCUT2D eigenvalue weighted by Gasteiger charge is -2.58. The van der Waals surface area contributed by atoms with Crippen LogP contribution in [0.5, 0.6) is 34.5 Å². The number of ether oxygens (including phenoxy) is 3. The molecule has 3 saturated heterocycles. The van der Waals surface area contributed by atoms with Gasteiger partial charge in [-0.25, -0.2) is 0 Å². The van der Waals surface area contributed by atoms with Gasteiger partial charge in [-0.3, -0.25) is 42.8 Å². The van der Waals surface area contributed by atoms with E-state index in [-0.39, 0.29) is 41.3 Å². The maximum Gasteiger partial charge on any atom is 0.252 e. The number of benzene rings is 6. The van der Waals surface area contributed by atoms with E-state index in [0.29, 0.717) is 83.7 Å². The summed E-state index contributed by atoms with van der Waals surface area (Å²) < 4.78 is 22.9. The van der Waals surface area contributed by atoms with E-state index in [1.165, 1.54) is 12.2 Å². The van der Waals surface area contributed by atoms with Crippen molar-refractivity contribution in [1.29, 1.82) is 0 Å². The molecule has 6 aromatic carbocycles. The van der Waals surface area contributed by atoms with Gasteiger partial charge in [0.2, 0.25) is 17.7 Å². The van der Waals surface area contributed by atoms with Crippen LogP contribution in [0, 0.1) is 5.41 Å². The molecule has 0 unspecified atom stereocenters. The Kier molecular flexibility index (Phi) is 21.3. The van der Waals surface area contributed by atoms with E-state index < -0.39 is 17.7 Å². The number of likely N-dealkylation sites (tertiary alicyclic amines) is 3. The van der Waals surface area contributed by atoms with Gasteiger partial charge in [0, 0.05) is 92.6 Å². The number of nitrogens with two attached hydrogens (primary N) is 3. The zero-order valence-electron chi connectivity index (χ0n) is 54.8. The Balaban J connectivity index is 0.000000149. The topological polar surface area (TPSA) is 275 Å². The molecule has 22 heteroatoms. The molecule has 13 rings (SSSR count). The van der Waals surface area contributed by atoms with Crippen molar-refractivity contribution in [2.75, 3.05) is 59.9 Å². The maximum absolute atomic E-state index is 12.6. The molecule has 1 spiro atoms. The highest BCUT2D eigenvalue weighted by Gasteiger charge is 2.54. The summed E-state index contributed by atoms with van der Waals surface area (Å²) >= 11 is 0. The Morgan fingerprint density at radius 1 is 0.469 bits per heavy atom. The van der Waals surface area contributed by atoms with Crippen LogP contribution in [0.2, 0.25) is 0 Å². The monoisotopic (exact) mass is 1320 g/mol. The van der Waals surface area contributed by atoms with E-state index in [4.69, 9.17) is 41.6 Å². The molecule has 9 aromatic rings. The minimum atomic E-state index is -0.541. The third-order valence-electron chi connectivity index (χ3n) is 17.6. The second-order valence-electron chi connectivity index (χ2n) is 25.0. The van der Waals surface area contributed by atoms with Gasteiger partial charge < -0.3 is 51.0 Å². The second-order valence-corrected chi connectivity index (χ2v) is 25.0. The van der Waals surface area contributed by atoms with Crippen LogP contribution >= 0.6 is 0 Å². The number of para-hydroxylation sites is 3. The Labute approximate surface area is 568 Å². The Morgan fingerprint density at radius 3 is 1.13 bits per heavy atom. The van der Waals surface area contributed by atoms with Crippen LogP contribution in [-0.2, 0) is 14.4 Å². The molecule has 3 aromatic heterocycles. The number of carbonyl (C=O) groups excluding carboxylic acids is 6. The summed E-state index contributed by atoms with van der Waals surface area (Å²) in [5.41, 5.74) is 22.2. The molecule has 98 heavy (non-hydrogen) atoms. The summed E-state index contributed by atoms with van der Waals surface area (Å²) in [6.45, 7) is 11.8. The van der Waals surface area contributed by atoms with Crippen molar-refractivity contribution in [2.24, 2.45) is 22.6 Å². The molecule has 22 nitrogen and oxygen atoms in total. The van der Waals surface area contributed by atoms with Crippen LogP contribution in [0.15, 0.2) is 220 Å². The quantitative estimate of drug-likeness (QED) is 0.0600. The van der Waals surface area contributed by atoms with Crippen molar-refractivity contribution in [3.8, 4) is 68.3 Å². The van der Waals surface area contributed by atoms with Gasteiger partial charge in [0.25, 0.3) is 17.7 Å². The minimum Gasteiger partial charge on any atom is -0.457 e. The zero-order chi connectivity index (χ0) is 68.9. The number of carbonyl (C=O) groups is 6. The number of piperidine rings is 2. The summed E-state index contributed by atoms with van der Waals surface area (Å²) in [4.78, 5) is 80.1. The first-order valence-corrected chi connectivity index (χ1v) is 32.5. The van der Waals surface area contributed by atoms with Gasteiger partial charge in [0.05, 0.1) is 34.8 Å².